The Morgan fingerprint density at radius 1 is 1.29 bits per heavy atom. The van der Waals surface area contributed by atoms with Crippen molar-refractivity contribution >= 4 is 49.9 Å². The van der Waals surface area contributed by atoms with Crippen LogP contribution in [0.1, 0.15) is 0 Å². The summed E-state index contributed by atoms with van der Waals surface area (Å²) in [6.45, 7) is -0.160. The maximum Gasteiger partial charge on any atom is 0.275 e. The summed E-state index contributed by atoms with van der Waals surface area (Å²) in [4.78, 5) is 26.3. The predicted molar refractivity (Wildman–Crippen MR) is 98.6 cm³/mol. The van der Waals surface area contributed by atoms with Crippen molar-refractivity contribution in [3.8, 4) is 0 Å². The molecule has 0 spiro atoms. The maximum atomic E-state index is 12.5. The molecule has 1 aromatic heterocycles. The zero-order valence-corrected chi connectivity index (χ0v) is 15.1. The first kappa shape index (κ1) is 16.7. The van der Waals surface area contributed by atoms with Gasteiger partial charge in [0.2, 0.25) is 5.91 Å². The molecule has 1 amide bonds. The van der Waals surface area contributed by atoms with Gasteiger partial charge >= 0.3 is 0 Å². The lowest BCUT2D eigenvalue weighted by Gasteiger charge is -2.19. The molecular formula is C17H13BrClN3O2. The number of rotatable bonds is 3. The van der Waals surface area contributed by atoms with Crippen molar-refractivity contribution in [1.29, 1.82) is 0 Å². The summed E-state index contributed by atoms with van der Waals surface area (Å²) in [6, 6.07) is 12.4. The van der Waals surface area contributed by atoms with E-state index in [2.05, 4.69) is 21.0 Å². The summed E-state index contributed by atoms with van der Waals surface area (Å²) in [5.41, 5.74) is 0.274. The number of benzene rings is 2. The molecule has 5 nitrogen and oxygen atoms in total. The van der Waals surface area contributed by atoms with Gasteiger partial charge < -0.3 is 4.90 Å². The highest BCUT2D eigenvalue weighted by Crippen LogP contribution is 2.28. The van der Waals surface area contributed by atoms with E-state index in [4.69, 9.17) is 11.6 Å². The summed E-state index contributed by atoms with van der Waals surface area (Å²) in [6.07, 6.45) is 1.58. The first-order valence-corrected chi connectivity index (χ1v) is 8.31. The number of nitrogens with zero attached hydrogens (tertiary/aromatic N) is 3. The molecule has 2 aromatic carbocycles. The Balaban J connectivity index is 1.89. The van der Waals surface area contributed by atoms with Gasteiger partial charge in [0.25, 0.3) is 5.56 Å². The zero-order chi connectivity index (χ0) is 17.3. The fraction of sp³-hybridized carbons (Fsp3) is 0.118. The molecule has 0 unspecified atom stereocenters. The number of halogens is 2. The van der Waals surface area contributed by atoms with E-state index in [1.165, 1.54) is 4.90 Å². The Kier molecular flexibility index (Phi) is 4.69. The van der Waals surface area contributed by atoms with E-state index in [0.29, 0.717) is 16.1 Å². The lowest BCUT2D eigenvalue weighted by molar-refractivity contribution is -0.119. The highest BCUT2D eigenvalue weighted by Gasteiger charge is 2.16. The van der Waals surface area contributed by atoms with Gasteiger partial charge in [-0.25, -0.2) is 4.68 Å². The van der Waals surface area contributed by atoms with Crippen molar-refractivity contribution in [1.82, 2.24) is 9.78 Å². The number of aromatic nitrogens is 2. The van der Waals surface area contributed by atoms with Crippen LogP contribution < -0.4 is 10.5 Å². The Morgan fingerprint density at radius 2 is 2.04 bits per heavy atom. The Labute approximate surface area is 151 Å². The first-order chi connectivity index (χ1) is 11.5. The van der Waals surface area contributed by atoms with Crippen LogP contribution in [0, 0.1) is 0 Å². The molecule has 0 radical (unpaired) electrons. The minimum absolute atomic E-state index is 0.160. The van der Waals surface area contributed by atoms with Crippen molar-refractivity contribution in [2.24, 2.45) is 0 Å². The second-order valence-electron chi connectivity index (χ2n) is 5.24. The number of anilines is 1. The second-order valence-corrected chi connectivity index (χ2v) is 6.57. The van der Waals surface area contributed by atoms with Crippen LogP contribution in [0.4, 0.5) is 5.69 Å². The van der Waals surface area contributed by atoms with Crippen molar-refractivity contribution in [3.05, 3.63) is 68.5 Å². The summed E-state index contributed by atoms with van der Waals surface area (Å²) in [7, 11) is 1.61. The standard InChI is InChI=1S/C17H13BrClN3O2/c1-21(15-7-6-12(18)8-14(15)19)16(23)10-22-17(24)13-5-3-2-4-11(13)9-20-22/h2-9H,10H2,1H3. The molecule has 7 heteroatoms. The van der Waals surface area contributed by atoms with E-state index in [9.17, 15) is 9.59 Å². The van der Waals surface area contributed by atoms with Crippen LogP contribution in [-0.2, 0) is 11.3 Å². The highest BCUT2D eigenvalue weighted by atomic mass is 79.9. The summed E-state index contributed by atoms with van der Waals surface area (Å²) >= 11 is 9.50. The molecule has 122 valence electrons. The van der Waals surface area contributed by atoms with E-state index in [-0.39, 0.29) is 18.0 Å². The molecule has 0 saturated carbocycles. The van der Waals surface area contributed by atoms with Gasteiger partial charge in [0.05, 0.1) is 22.3 Å². The molecule has 0 bridgehead atoms. The Bertz CT molecular complexity index is 987. The molecule has 0 N–H and O–H groups in total. The lowest BCUT2D eigenvalue weighted by atomic mass is 10.2. The minimum atomic E-state index is -0.295. The molecule has 3 rings (SSSR count). The summed E-state index contributed by atoms with van der Waals surface area (Å²) in [5.74, 6) is -0.288. The zero-order valence-electron chi connectivity index (χ0n) is 12.7. The number of fused-ring (bicyclic) bond motifs is 1. The number of likely N-dealkylation sites (N-methyl/N-ethyl adjacent to an activating group) is 1. The van der Waals surface area contributed by atoms with Gasteiger partial charge in [-0.1, -0.05) is 45.7 Å². The van der Waals surface area contributed by atoms with Crippen LogP contribution in [-0.4, -0.2) is 22.7 Å². The monoisotopic (exact) mass is 405 g/mol. The number of hydrogen-bond donors (Lipinski definition) is 0. The van der Waals surface area contributed by atoms with Gasteiger partial charge in [-0.3, -0.25) is 9.59 Å². The van der Waals surface area contributed by atoms with Crippen molar-refractivity contribution in [2.45, 2.75) is 6.54 Å². The molecule has 0 saturated heterocycles. The van der Waals surface area contributed by atoms with Gasteiger partial charge in [0.1, 0.15) is 6.54 Å². The molecule has 1 heterocycles. The highest BCUT2D eigenvalue weighted by molar-refractivity contribution is 9.10. The van der Waals surface area contributed by atoms with Crippen LogP contribution in [0.15, 0.2) is 57.9 Å². The van der Waals surface area contributed by atoms with Crippen LogP contribution in [0.3, 0.4) is 0 Å². The number of carbonyl (C=O) groups is 1. The van der Waals surface area contributed by atoms with E-state index >= 15 is 0 Å². The van der Waals surface area contributed by atoms with Crippen LogP contribution >= 0.6 is 27.5 Å². The molecule has 24 heavy (non-hydrogen) atoms. The molecule has 0 fully saturated rings. The number of amides is 1. The first-order valence-electron chi connectivity index (χ1n) is 7.14. The largest absolute Gasteiger partial charge is 0.312 e. The Morgan fingerprint density at radius 3 is 2.79 bits per heavy atom. The summed E-state index contributed by atoms with van der Waals surface area (Å²) < 4.78 is 1.98. The van der Waals surface area contributed by atoms with Crippen molar-refractivity contribution in [3.63, 3.8) is 0 Å². The van der Waals surface area contributed by atoms with Gasteiger partial charge in [-0.2, -0.15) is 5.10 Å². The third kappa shape index (κ3) is 3.20. The van der Waals surface area contributed by atoms with Crippen LogP contribution in [0.2, 0.25) is 5.02 Å². The molecule has 3 aromatic rings. The van der Waals surface area contributed by atoms with Crippen molar-refractivity contribution in [2.75, 3.05) is 11.9 Å². The fourth-order valence-electron chi connectivity index (χ4n) is 2.36. The molecule has 0 aliphatic heterocycles. The van der Waals surface area contributed by atoms with Gasteiger partial charge in [-0.15, -0.1) is 0 Å². The normalized spacial score (nSPS) is 10.8. The molecule has 0 aliphatic rings. The van der Waals surface area contributed by atoms with E-state index < -0.39 is 0 Å². The number of carbonyl (C=O) groups excluding carboxylic acids is 1. The van der Waals surface area contributed by atoms with Gasteiger partial charge in [-0.05, 0) is 24.3 Å². The van der Waals surface area contributed by atoms with Crippen molar-refractivity contribution < 1.29 is 4.79 Å². The van der Waals surface area contributed by atoms with E-state index in [1.54, 1.807) is 43.6 Å². The maximum absolute atomic E-state index is 12.5. The minimum Gasteiger partial charge on any atom is -0.312 e. The third-order valence-corrected chi connectivity index (χ3v) is 4.49. The SMILES string of the molecule is CN(C(=O)Cn1ncc2ccccc2c1=O)c1ccc(Br)cc1Cl. The fourth-order valence-corrected chi connectivity index (χ4v) is 3.16. The molecule has 0 atom stereocenters. The van der Waals surface area contributed by atoms with E-state index in [0.717, 1.165) is 14.5 Å². The van der Waals surface area contributed by atoms with Crippen LogP contribution in [0.5, 0.6) is 0 Å². The molecular weight excluding hydrogens is 394 g/mol. The second kappa shape index (κ2) is 6.75. The Hall–Kier alpha value is -2.18. The summed E-state index contributed by atoms with van der Waals surface area (Å²) in [5, 5.41) is 5.80. The van der Waals surface area contributed by atoms with Crippen LogP contribution in [0.25, 0.3) is 10.8 Å². The van der Waals surface area contributed by atoms with Gasteiger partial charge in [0, 0.05) is 16.9 Å². The average Bonchev–Trinajstić information content (AvgIpc) is 2.57. The average molecular weight is 407 g/mol. The smallest absolute Gasteiger partial charge is 0.275 e. The quantitative estimate of drug-likeness (QED) is 0.669. The third-order valence-electron chi connectivity index (χ3n) is 3.69. The van der Waals surface area contributed by atoms with E-state index in [1.807, 2.05) is 12.1 Å². The predicted octanol–water partition coefficient (Wildman–Crippen LogP) is 3.48. The van der Waals surface area contributed by atoms with Gasteiger partial charge in [0.15, 0.2) is 0 Å². The molecule has 0 aliphatic carbocycles. The number of hydrogen-bond acceptors (Lipinski definition) is 3. The topological polar surface area (TPSA) is 55.2 Å². The lowest BCUT2D eigenvalue weighted by Crippen LogP contribution is -2.35.